The van der Waals surface area contributed by atoms with Gasteiger partial charge in [0.15, 0.2) is 0 Å². The third-order valence-corrected chi connectivity index (χ3v) is 6.73. The quantitative estimate of drug-likeness (QED) is 0.597. The highest BCUT2D eigenvalue weighted by Crippen LogP contribution is 2.21. The van der Waals surface area contributed by atoms with Gasteiger partial charge in [-0.1, -0.05) is 49.7 Å². The Morgan fingerprint density at radius 2 is 1.79 bits per heavy atom. The molecule has 0 aromatic heterocycles. The van der Waals surface area contributed by atoms with Gasteiger partial charge < -0.3 is 0 Å². The fraction of sp³-hybridized carbons (Fsp3) is 0.333. The van der Waals surface area contributed by atoms with Crippen molar-refractivity contribution in [3.63, 3.8) is 0 Å². The average Bonchev–Trinajstić information content (AvgIpc) is 2.75. The van der Waals surface area contributed by atoms with E-state index in [1.807, 2.05) is 37.3 Å². The molecule has 7 heteroatoms. The number of carbonyl (C=O) groups is 1. The third kappa shape index (κ3) is 4.85. The molecule has 2 aromatic carbocycles. The zero-order chi connectivity index (χ0) is 20.0. The number of nitrogens with one attached hydrogen (secondary N) is 1. The van der Waals surface area contributed by atoms with Gasteiger partial charge in [0.25, 0.3) is 5.91 Å². The van der Waals surface area contributed by atoms with Gasteiger partial charge in [-0.2, -0.15) is 9.41 Å². The third-order valence-electron chi connectivity index (χ3n) is 4.84. The van der Waals surface area contributed by atoms with Gasteiger partial charge >= 0.3 is 0 Å². The second-order valence-corrected chi connectivity index (χ2v) is 8.85. The molecule has 28 heavy (non-hydrogen) atoms. The molecule has 0 aliphatic carbocycles. The summed E-state index contributed by atoms with van der Waals surface area (Å²) in [6.07, 6.45) is 4.44. The summed E-state index contributed by atoms with van der Waals surface area (Å²) in [6, 6.07) is 15.9. The smallest absolute Gasteiger partial charge is 0.267 e. The number of hydrazone groups is 1. The first-order valence-electron chi connectivity index (χ1n) is 9.47. The van der Waals surface area contributed by atoms with E-state index in [0.717, 1.165) is 24.8 Å². The van der Waals surface area contributed by atoms with Gasteiger partial charge in [0.1, 0.15) is 0 Å². The number of rotatable bonds is 6. The highest BCUT2D eigenvalue weighted by atomic mass is 32.2. The molecule has 1 amide bonds. The lowest BCUT2D eigenvalue weighted by Gasteiger charge is -2.25. The SMILES string of the molecule is C[C@H](/C=N\NC(=O)c1cccc(S(=O)(=O)N2CCCCC2)c1)c1ccccc1. The Hall–Kier alpha value is -2.51. The number of carbonyl (C=O) groups excluding carboxylic acids is 1. The van der Waals surface area contributed by atoms with Crippen molar-refractivity contribution in [3.05, 3.63) is 65.7 Å². The highest BCUT2D eigenvalue weighted by Gasteiger charge is 2.26. The van der Waals surface area contributed by atoms with Crippen LogP contribution in [0, 0.1) is 0 Å². The summed E-state index contributed by atoms with van der Waals surface area (Å²) in [7, 11) is -3.57. The van der Waals surface area contributed by atoms with Crippen LogP contribution in [0.1, 0.15) is 48.0 Å². The van der Waals surface area contributed by atoms with Crippen LogP contribution in [0.5, 0.6) is 0 Å². The Kier molecular flexibility index (Phi) is 6.59. The molecule has 1 atom stereocenters. The van der Waals surface area contributed by atoms with Crippen LogP contribution >= 0.6 is 0 Å². The largest absolute Gasteiger partial charge is 0.271 e. The maximum atomic E-state index is 12.8. The summed E-state index contributed by atoms with van der Waals surface area (Å²) >= 11 is 0. The van der Waals surface area contributed by atoms with E-state index in [0.29, 0.717) is 13.1 Å². The predicted octanol–water partition coefficient (Wildman–Crippen LogP) is 3.38. The van der Waals surface area contributed by atoms with Crippen molar-refractivity contribution < 1.29 is 13.2 Å². The zero-order valence-corrected chi connectivity index (χ0v) is 16.7. The maximum Gasteiger partial charge on any atom is 0.271 e. The molecule has 0 spiro atoms. The molecule has 1 aliphatic rings. The zero-order valence-electron chi connectivity index (χ0n) is 15.9. The lowest BCUT2D eigenvalue weighted by molar-refractivity contribution is 0.0955. The topological polar surface area (TPSA) is 78.8 Å². The van der Waals surface area contributed by atoms with Crippen molar-refractivity contribution in [3.8, 4) is 0 Å². The van der Waals surface area contributed by atoms with Gasteiger partial charge in [-0.25, -0.2) is 13.8 Å². The van der Waals surface area contributed by atoms with E-state index < -0.39 is 15.9 Å². The number of amides is 1. The lowest BCUT2D eigenvalue weighted by Crippen LogP contribution is -2.35. The van der Waals surface area contributed by atoms with Crippen LogP contribution in [0.4, 0.5) is 0 Å². The van der Waals surface area contributed by atoms with Crippen LogP contribution < -0.4 is 5.43 Å². The molecule has 1 heterocycles. The molecular formula is C21H25N3O3S. The molecule has 0 saturated carbocycles. The van der Waals surface area contributed by atoms with Crippen molar-refractivity contribution in [2.24, 2.45) is 5.10 Å². The second kappa shape index (κ2) is 9.12. The summed E-state index contributed by atoms with van der Waals surface area (Å²) in [5.41, 5.74) is 3.84. The minimum atomic E-state index is -3.57. The molecule has 3 rings (SSSR count). The van der Waals surface area contributed by atoms with Gasteiger partial charge in [-0.15, -0.1) is 0 Å². The van der Waals surface area contributed by atoms with Crippen LogP contribution in [0.25, 0.3) is 0 Å². The lowest BCUT2D eigenvalue weighted by atomic mass is 10.0. The summed E-state index contributed by atoms with van der Waals surface area (Å²) in [6.45, 7) is 3.04. The molecule has 1 saturated heterocycles. The maximum absolute atomic E-state index is 12.8. The Morgan fingerprint density at radius 1 is 1.07 bits per heavy atom. The molecule has 0 bridgehead atoms. The number of nitrogens with zero attached hydrogens (tertiary/aromatic N) is 2. The first kappa shape index (κ1) is 20.2. The van der Waals surface area contributed by atoms with E-state index in [2.05, 4.69) is 10.5 Å². The summed E-state index contributed by atoms with van der Waals surface area (Å²) in [5.74, 6) is -0.389. The summed E-state index contributed by atoms with van der Waals surface area (Å²) in [4.78, 5) is 12.5. The van der Waals surface area contributed by atoms with E-state index >= 15 is 0 Å². The fourth-order valence-corrected chi connectivity index (χ4v) is 4.73. The number of piperidine rings is 1. The van der Waals surface area contributed by atoms with Crippen LogP contribution in [0.3, 0.4) is 0 Å². The Labute approximate surface area is 166 Å². The molecule has 0 radical (unpaired) electrons. The van der Waals surface area contributed by atoms with Crippen molar-refractivity contribution in [2.75, 3.05) is 13.1 Å². The van der Waals surface area contributed by atoms with Crippen molar-refractivity contribution in [1.82, 2.24) is 9.73 Å². The van der Waals surface area contributed by atoms with E-state index in [1.54, 1.807) is 18.3 Å². The van der Waals surface area contributed by atoms with Gasteiger partial charge in [-0.3, -0.25) is 4.79 Å². The monoisotopic (exact) mass is 399 g/mol. The average molecular weight is 400 g/mol. The van der Waals surface area contributed by atoms with Crippen molar-refractivity contribution in [2.45, 2.75) is 37.0 Å². The standard InChI is InChI=1S/C21H25N3O3S/c1-17(18-9-4-2-5-10-18)16-22-23-21(25)19-11-8-12-20(15-19)28(26,27)24-13-6-3-7-14-24/h2,4-5,8-12,15-17H,3,6-7,13-14H2,1H3,(H,23,25)/b22-16-/t17-/m1/s1. The fourth-order valence-electron chi connectivity index (χ4n) is 3.17. The Morgan fingerprint density at radius 3 is 2.50 bits per heavy atom. The van der Waals surface area contributed by atoms with Crippen LogP contribution in [0.15, 0.2) is 64.6 Å². The normalized spacial score (nSPS) is 16.8. The van der Waals surface area contributed by atoms with E-state index in [1.165, 1.54) is 16.4 Å². The molecule has 6 nitrogen and oxygen atoms in total. The van der Waals surface area contributed by atoms with Crippen molar-refractivity contribution in [1.29, 1.82) is 0 Å². The van der Waals surface area contributed by atoms with Gasteiger partial charge in [0.05, 0.1) is 4.90 Å². The molecule has 1 aliphatic heterocycles. The van der Waals surface area contributed by atoms with Crippen LogP contribution in [-0.2, 0) is 10.0 Å². The van der Waals surface area contributed by atoms with Gasteiger partial charge in [0.2, 0.25) is 10.0 Å². The first-order chi connectivity index (χ1) is 13.5. The minimum absolute atomic E-state index is 0.0484. The molecule has 0 unspecified atom stereocenters. The van der Waals surface area contributed by atoms with Crippen LogP contribution in [0.2, 0.25) is 0 Å². The van der Waals surface area contributed by atoms with Crippen LogP contribution in [-0.4, -0.2) is 37.9 Å². The highest BCUT2D eigenvalue weighted by molar-refractivity contribution is 7.89. The van der Waals surface area contributed by atoms with E-state index in [-0.39, 0.29) is 16.4 Å². The Bertz CT molecular complexity index is 936. The molecule has 1 fully saturated rings. The first-order valence-corrected chi connectivity index (χ1v) is 10.9. The molecule has 2 aromatic rings. The minimum Gasteiger partial charge on any atom is -0.267 e. The molecular weight excluding hydrogens is 374 g/mol. The van der Waals surface area contributed by atoms with E-state index in [4.69, 9.17) is 0 Å². The number of benzene rings is 2. The Balaban J connectivity index is 1.68. The molecule has 148 valence electrons. The number of hydrogen-bond acceptors (Lipinski definition) is 4. The number of hydrogen-bond donors (Lipinski definition) is 1. The predicted molar refractivity (Wildman–Crippen MR) is 110 cm³/mol. The van der Waals surface area contributed by atoms with Crippen molar-refractivity contribution >= 4 is 22.1 Å². The summed E-state index contributed by atoms with van der Waals surface area (Å²) in [5, 5.41) is 4.02. The van der Waals surface area contributed by atoms with Gasteiger partial charge in [0, 0.05) is 30.8 Å². The van der Waals surface area contributed by atoms with Gasteiger partial charge in [-0.05, 0) is 36.6 Å². The molecule has 1 N–H and O–H groups in total. The second-order valence-electron chi connectivity index (χ2n) is 6.91. The van der Waals surface area contributed by atoms with E-state index in [9.17, 15) is 13.2 Å². The summed E-state index contributed by atoms with van der Waals surface area (Å²) < 4.78 is 27.1. The number of sulfonamides is 1.